The third-order valence-corrected chi connectivity index (χ3v) is 4.24. The van der Waals surface area contributed by atoms with Crippen LogP contribution in [0.2, 0.25) is 0 Å². The second-order valence-electron chi connectivity index (χ2n) is 6.52. The molecule has 3 aromatic rings. The molecule has 0 saturated heterocycles. The molecule has 3 aromatic heterocycles. The van der Waals surface area contributed by atoms with Gasteiger partial charge in [-0.1, -0.05) is 18.2 Å². The molecular weight excluding hydrogens is 372 g/mol. The van der Waals surface area contributed by atoms with E-state index in [1.165, 1.54) is 6.07 Å². The summed E-state index contributed by atoms with van der Waals surface area (Å²) in [6.45, 7) is 1.01. The average molecular weight is 394 g/mol. The van der Waals surface area contributed by atoms with Crippen molar-refractivity contribution in [1.29, 1.82) is 0 Å². The highest BCUT2D eigenvalue weighted by Crippen LogP contribution is 2.13. The van der Waals surface area contributed by atoms with E-state index >= 15 is 0 Å². The van der Waals surface area contributed by atoms with Gasteiger partial charge in [0.15, 0.2) is 0 Å². The number of rotatable bonds is 9. The summed E-state index contributed by atoms with van der Waals surface area (Å²) in [4.78, 5) is 26.3. The molecule has 0 radical (unpaired) electrons. The first-order valence-electron chi connectivity index (χ1n) is 9.10. The number of carbonyl (C=O) groups is 1. The molecule has 3 rings (SSSR count). The monoisotopic (exact) mass is 394 g/mol. The maximum Gasteiger partial charge on any atom is 0.354 e. The van der Waals surface area contributed by atoms with Gasteiger partial charge >= 0.3 is 5.97 Å². The van der Waals surface area contributed by atoms with Crippen LogP contribution < -0.4 is 0 Å². The minimum Gasteiger partial charge on any atom is -0.477 e. The minimum absolute atomic E-state index is 0.0109. The molecule has 29 heavy (non-hydrogen) atoms. The van der Waals surface area contributed by atoms with Gasteiger partial charge in [0.1, 0.15) is 5.69 Å². The van der Waals surface area contributed by atoms with Crippen LogP contribution >= 0.6 is 0 Å². The maximum atomic E-state index is 11.2. The Morgan fingerprint density at radius 3 is 1.55 bits per heavy atom. The number of carboxylic acid groups (broad SMARTS) is 1. The van der Waals surface area contributed by atoms with Gasteiger partial charge in [-0.05, 0) is 36.4 Å². The van der Waals surface area contributed by atoms with Gasteiger partial charge in [0.05, 0.1) is 41.7 Å². The molecule has 0 amide bonds. The van der Waals surface area contributed by atoms with Crippen LogP contribution in [0.25, 0.3) is 0 Å². The second kappa shape index (κ2) is 9.83. The van der Waals surface area contributed by atoms with Crippen LogP contribution in [0.5, 0.6) is 0 Å². The fourth-order valence-corrected chi connectivity index (χ4v) is 2.95. The van der Waals surface area contributed by atoms with Crippen molar-refractivity contribution >= 4 is 5.97 Å². The molecule has 150 valence electrons. The lowest BCUT2D eigenvalue weighted by atomic mass is 10.2. The van der Waals surface area contributed by atoms with Crippen LogP contribution in [0.3, 0.4) is 0 Å². The van der Waals surface area contributed by atoms with E-state index in [9.17, 15) is 20.1 Å². The number of carboxylic acids is 1. The van der Waals surface area contributed by atoms with E-state index in [1.54, 1.807) is 24.3 Å². The Morgan fingerprint density at radius 2 is 1.10 bits per heavy atom. The molecule has 0 aliphatic heterocycles. The molecule has 0 aliphatic carbocycles. The Morgan fingerprint density at radius 1 is 0.690 bits per heavy atom. The zero-order chi connectivity index (χ0) is 20.6. The van der Waals surface area contributed by atoms with Gasteiger partial charge in [-0.25, -0.2) is 9.78 Å². The predicted molar refractivity (Wildman–Crippen MR) is 104 cm³/mol. The first kappa shape index (κ1) is 20.5. The number of hydrogen-bond acceptors (Lipinski definition) is 7. The molecule has 8 nitrogen and oxygen atoms in total. The first-order chi connectivity index (χ1) is 14.1. The molecule has 0 unspecified atom stereocenters. The number of hydrogen-bond donors (Lipinski definition) is 3. The Labute approximate surface area is 168 Å². The molecule has 0 atom stereocenters. The molecule has 8 heteroatoms. The largest absolute Gasteiger partial charge is 0.477 e. The molecule has 0 aromatic carbocycles. The van der Waals surface area contributed by atoms with E-state index in [0.29, 0.717) is 36.7 Å². The SMILES string of the molecule is O=C(O)c1cccc(CN(Cc2cccc(CO)n2)Cc2cccc(CO)n2)n1. The van der Waals surface area contributed by atoms with Crippen molar-refractivity contribution in [2.75, 3.05) is 0 Å². The highest BCUT2D eigenvalue weighted by molar-refractivity contribution is 5.85. The molecule has 3 N–H and O–H groups in total. The van der Waals surface area contributed by atoms with Gasteiger partial charge in [0.25, 0.3) is 0 Å². The Bertz CT molecular complexity index is 931. The number of nitrogens with zero attached hydrogens (tertiary/aromatic N) is 4. The second-order valence-corrected chi connectivity index (χ2v) is 6.52. The summed E-state index contributed by atoms with van der Waals surface area (Å²) in [5.74, 6) is -1.08. The molecule has 0 fully saturated rings. The van der Waals surface area contributed by atoms with Crippen LogP contribution in [-0.4, -0.2) is 41.1 Å². The van der Waals surface area contributed by atoms with Crippen molar-refractivity contribution in [2.24, 2.45) is 0 Å². The van der Waals surface area contributed by atoms with E-state index in [-0.39, 0.29) is 18.9 Å². The normalized spacial score (nSPS) is 11.0. The van der Waals surface area contributed by atoms with Crippen molar-refractivity contribution in [3.63, 3.8) is 0 Å². The quantitative estimate of drug-likeness (QED) is 0.502. The van der Waals surface area contributed by atoms with Crippen LogP contribution in [0.15, 0.2) is 54.6 Å². The van der Waals surface area contributed by atoms with E-state index in [2.05, 4.69) is 15.0 Å². The molecular formula is C21H22N4O4. The Hall–Kier alpha value is -3.20. The molecule has 0 aliphatic rings. The van der Waals surface area contributed by atoms with Gasteiger partial charge in [0.2, 0.25) is 0 Å². The van der Waals surface area contributed by atoms with Crippen LogP contribution in [0, 0.1) is 0 Å². The van der Waals surface area contributed by atoms with Gasteiger partial charge in [-0.2, -0.15) is 0 Å². The summed E-state index contributed by atoms with van der Waals surface area (Å²) in [6, 6.07) is 15.8. The maximum absolute atomic E-state index is 11.2. The summed E-state index contributed by atoms with van der Waals surface area (Å²) < 4.78 is 0. The fourth-order valence-electron chi connectivity index (χ4n) is 2.95. The van der Waals surface area contributed by atoms with Crippen molar-refractivity contribution in [2.45, 2.75) is 32.8 Å². The van der Waals surface area contributed by atoms with Gasteiger partial charge in [-0.15, -0.1) is 0 Å². The molecule has 0 saturated carbocycles. The summed E-state index contributed by atoms with van der Waals surface area (Å²) in [5.41, 5.74) is 3.29. The van der Waals surface area contributed by atoms with Crippen LogP contribution in [0.4, 0.5) is 0 Å². The fraction of sp³-hybridized carbons (Fsp3) is 0.238. The number of aromatic carboxylic acids is 1. The highest BCUT2D eigenvalue weighted by Gasteiger charge is 2.13. The lowest BCUT2D eigenvalue weighted by molar-refractivity contribution is 0.0689. The lowest BCUT2D eigenvalue weighted by Gasteiger charge is -2.22. The third kappa shape index (κ3) is 5.89. The lowest BCUT2D eigenvalue weighted by Crippen LogP contribution is -2.24. The Balaban J connectivity index is 1.85. The van der Waals surface area contributed by atoms with Crippen molar-refractivity contribution in [3.8, 4) is 0 Å². The van der Waals surface area contributed by atoms with E-state index < -0.39 is 5.97 Å². The molecule has 3 heterocycles. The summed E-state index contributed by atoms with van der Waals surface area (Å²) in [5, 5.41) is 27.8. The van der Waals surface area contributed by atoms with Crippen molar-refractivity contribution < 1.29 is 20.1 Å². The Kier molecular flexibility index (Phi) is 6.96. The van der Waals surface area contributed by atoms with Gasteiger partial charge < -0.3 is 15.3 Å². The minimum atomic E-state index is -1.08. The number of pyridine rings is 3. The zero-order valence-corrected chi connectivity index (χ0v) is 15.8. The van der Waals surface area contributed by atoms with Gasteiger partial charge in [0, 0.05) is 19.6 Å². The highest BCUT2D eigenvalue weighted by atomic mass is 16.4. The average Bonchev–Trinajstić information content (AvgIpc) is 2.74. The van der Waals surface area contributed by atoms with Crippen LogP contribution in [0.1, 0.15) is 39.0 Å². The third-order valence-electron chi connectivity index (χ3n) is 4.24. The number of aliphatic hydroxyl groups is 2. The molecule has 0 spiro atoms. The van der Waals surface area contributed by atoms with Crippen molar-refractivity contribution in [1.82, 2.24) is 19.9 Å². The summed E-state index contributed by atoms with van der Waals surface area (Å²) >= 11 is 0. The summed E-state index contributed by atoms with van der Waals surface area (Å²) in [6.07, 6.45) is 0. The topological polar surface area (TPSA) is 120 Å². The van der Waals surface area contributed by atoms with E-state index in [0.717, 1.165) is 11.4 Å². The van der Waals surface area contributed by atoms with Gasteiger partial charge in [-0.3, -0.25) is 14.9 Å². The smallest absolute Gasteiger partial charge is 0.354 e. The zero-order valence-electron chi connectivity index (χ0n) is 15.8. The number of aliphatic hydroxyl groups excluding tert-OH is 2. The predicted octanol–water partition coefficient (Wildman–Crippen LogP) is 1.76. The summed E-state index contributed by atoms with van der Waals surface area (Å²) in [7, 11) is 0. The van der Waals surface area contributed by atoms with E-state index in [1.807, 2.05) is 29.2 Å². The van der Waals surface area contributed by atoms with Crippen molar-refractivity contribution in [3.05, 3.63) is 88.8 Å². The first-order valence-corrected chi connectivity index (χ1v) is 9.10. The van der Waals surface area contributed by atoms with Crippen LogP contribution in [-0.2, 0) is 32.8 Å². The molecule has 0 bridgehead atoms. The number of aromatic nitrogens is 3. The van der Waals surface area contributed by atoms with E-state index in [4.69, 9.17) is 0 Å². The standard InChI is InChI=1S/C21H22N4O4/c26-13-18-7-1-4-15(22-18)10-25(11-16-5-2-8-19(14-27)23-16)12-17-6-3-9-20(24-17)21(28)29/h1-9,26-27H,10-14H2,(H,28,29).